The molecule has 0 bridgehead atoms. The maximum absolute atomic E-state index is 5.28. The van der Waals surface area contributed by atoms with Crippen LogP contribution in [-0.2, 0) is 6.54 Å². The summed E-state index contributed by atoms with van der Waals surface area (Å²) in [6.07, 6.45) is 1.74. The van der Waals surface area contributed by atoms with Crippen LogP contribution in [0.4, 0.5) is 0 Å². The van der Waals surface area contributed by atoms with Crippen molar-refractivity contribution in [1.82, 2.24) is 24.7 Å². The molecule has 0 saturated carbocycles. The van der Waals surface area contributed by atoms with Crippen molar-refractivity contribution in [2.75, 3.05) is 0 Å². The Kier molecular flexibility index (Phi) is 3.31. The van der Waals surface area contributed by atoms with Gasteiger partial charge in [0.15, 0.2) is 10.6 Å². The number of H-pyrrole nitrogens is 1. The Hall–Kier alpha value is -2.08. The molecule has 0 fully saturated rings. The lowest BCUT2D eigenvalue weighted by molar-refractivity contribution is 0.521. The van der Waals surface area contributed by atoms with Gasteiger partial charge >= 0.3 is 0 Å². The lowest BCUT2D eigenvalue weighted by Gasteiger charge is -2.09. The van der Waals surface area contributed by atoms with E-state index in [9.17, 15) is 0 Å². The fourth-order valence-electron chi connectivity index (χ4n) is 2.11. The minimum atomic E-state index is 0.478. The van der Waals surface area contributed by atoms with Crippen LogP contribution in [0.15, 0.2) is 30.5 Å². The van der Waals surface area contributed by atoms with Crippen LogP contribution in [0.3, 0.4) is 0 Å². The van der Waals surface area contributed by atoms with Crippen molar-refractivity contribution in [3.63, 3.8) is 0 Å². The van der Waals surface area contributed by atoms with Crippen LogP contribution < -0.4 is 0 Å². The number of para-hydroxylation sites is 2. The van der Waals surface area contributed by atoms with Crippen LogP contribution in [-0.4, -0.2) is 24.7 Å². The second-order valence-corrected chi connectivity index (χ2v) is 5.49. The van der Waals surface area contributed by atoms with Gasteiger partial charge in [-0.2, -0.15) is 5.10 Å². The summed E-state index contributed by atoms with van der Waals surface area (Å²) in [5.41, 5.74) is 2.47. The molecule has 3 rings (SSSR count). The Balaban J connectivity index is 2.13. The number of nitrogens with zero attached hydrogens (tertiary/aromatic N) is 4. The molecule has 1 N–H and O–H groups in total. The predicted octanol–water partition coefficient (Wildman–Crippen LogP) is 3.21. The molecule has 0 aliphatic carbocycles. The van der Waals surface area contributed by atoms with Gasteiger partial charge in [-0.1, -0.05) is 26.0 Å². The maximum atomic E-state index is 5.28. The fraction of sp³-hybridized carbons (Fsp3) is 0.286. The summed E-state index contributed by atoms with van der Waals surface area (Å²) < 4.78 is 2.59. The number of aromatic amines is 1. The second kappa shape index (κ2) is 5.13. The van der Waals surface area contributed by atoms with Crippen molar-refractivity contribution in [3.8, 4) is 11.5 Å². The van der Waals surface area contributed by atoms with Gasteiger partial charge in [0.25, 0.3) is 0 Å². The maximum Gasteiger partial charge on any atom is 0.195 e. The number of hydrogen-bond acceptors (Lipinski definition) is 4. The molecule has 6 heteroatoms. The second-order valence-electron chi connectivity index (χ2n) is 5.10. The number of nitrogens with one attached hydrogen (secondary N) is 1. The van der Waals surface area contributed by atoms with Gasteiger partial charge in [-0.3, -0.25) is 14.6 Å². The van der Waals surface area contributed by atoms with Gasteiger partial charge < -0.3 is 0 Å². The molecule has 20 heavy (non-hydrogen) atoms. The summed E-state index contributed by atoms with van der Waals surface area (Å²) in [6.45, 7) is 5.09. The van der Waals surface area contributed by atoms with Gasteiger partial charge in [0.05, 0.1) is 17.2 Å². The van der Waals surface area contributed by atoms with E-state index in [1.807, 2.05) is 28.8 Å². The molecule has 0 aliphatic rings. The standard InChI is InChI=1S/C14H15N5S/c1-9(2)8-19-13(17-18-14(19)20)12-7-15-10-5-3-4-6-11(10)16-12/h3-7,9H,8H2,1-2H3,(H,18,20). The van der Waals surface area contributed by atoms with Crippen molar-refractivity contribution < 1.29 is 0 Å². The Labute approximate surface area is 121 Å². The third-order valence-electron chi connectivity index (χ3n) is 2.98. The van der Waals surface area contributed by atoms with Gasteiger partial charge in [-0.05, 0) is 30.3 Å². The first-order chi connectivity index (χ1) is 9.65. The highest BCUT2D eigenvalue weighted by Gasteiger charge is 2.12. The van der Waals surface area contributed by atoms with Crippen molar-refractivity contribution >= 4 is 23.3 Å². The molecule has 3 aromatic rings. The van der Waals surface area contributed by atoms with E-state index < -0.39 is 0 Å². The monoisotopic (exact) mass is 285 g/mol. The van der Waals surface area contributed by atoms with E-state index in [-0.39, 0.29) is 0 Å². The highest BCUT2D eigenvalue weighted by Crippen LogP contribution is 2.18. The molecule has 5 nitrogen and oxygen atoms in total. The summed E-state index contributed by atoms with van der Waals surface area (Å²) in [4.78, 5) is 9.04. The topological polar surface area (TPSA) is 59.4 Å². The average molecular weight is 285 g/mol. The van der Waals surface area contributed by atoms with Crippen LogP contribution in [0.5, 0.6) is 0 Å². The molecular formula is C14H15N5S. The summed E-state index contributed by atoms with van der Waals surface area (Å²) in [7, 11) is 0. The lowest BCUT2D eigenvalue weighted by atomic mass is 10.2. The van der Waals surface area contributed by atoms with Crippen molar-refractivity contribution in [2.45, 2.75) is 20.4 Å². The average Bonchev–Trinajstić information content (AvgIpc) is 2.79. The number of benzene rings is 1. The van der Waals surface area contributed by atoms with Crippen molar-refractivity contribution in [3.05, 3.63) is 35.2 Å². The molecule has 102 valence electrons. The van der Waals surface area contributed by atoms with E-state index in [1.54, 1.807) is 6.20 Å². The van der Waals surface area contributed by atoms with Crippen molar-refractivity contribution in [2.24, 2.45) is 5.92 Å². The number of aromatic nitrogens is 5. The first kappa shape index (κ1) is 12.9. The van der Waals surface area contributed by atoms with E-state index in [0.717, 1.165) is 29.1 Å². The van der Waals surface area contributed by atoms with Crippen LogP contribution in [0.1, 0.15) is 13.8 Å². The Morgan fingerprint density at radius 2 is 2.00 bits per heavy atom. The van der Waals surface area contributed by atoms with E-state index >= 15 is 0 Å². The fourth-order valence-corrected chi connectivity index (χ4v) is 2.32. The molecule has 0 amide bonds. The molecule has 2 aromatic heterocycles. The van der Waals surface area contributed by atoms with Crippen LogP contribution in [0.25, 0.3) is 22.6 Å². The Morgan fingerprint density at radius 1 is 1.25 bits per heavy atom. The summed E-state index contributed by atoms with van der Waals surface area (Å²) in [5.74, 6) is 1.22. The van der Waals surface area contributed by atoms with E-state index in [1.165, 1.54) is 0 Å². The van der Waals surface area contributed by atoms with E-state index in [4.69, 9.17) is 12.2 Å². The third-order valence-corrected chi connectivity index (χ3v) is 3.30. The molecular weight excluding hydrogens is 270 g/mol. The summed E-state index contributed by atoms with van der Waals surface area (Å²) in [5, 5.41) is 7.13. The minimum absolute atomic E-state index is 0.478. The lowest BCUT2D eigenvalue weighted by Crippen LogP contribution is -2.07. The number of rotatable bonds is 3. The molecule has 0 atom stereocenters. The van der Waals surface area contributed by atoms with Gasteiger partial charge in [-0.25, -0.2) is 4.98 Å². The zero-order chi connectivity index (χ0) is 14.1. The zero-order valence-electron chi connectivity index (χ0n) is 11.4. The molecule has 0 unspecified atom stereocenters. The van der Waals surface area contributed by atoms with Crippen LogP contribution in [0, 0.1) is 10.7 Å². The van der Waals surface area contributed by atoms with Gasteiger partial charge in [0.1, 0.15) is 5.69 Å². The first-order valence-electron chi connectivity index (χ1n) is 6.52. The quantitative estimate of drug-likeness (QED) is 0.751. The Bertz CT molecular complexity index is 802. The van der Waals surface area contributed by atoms with Crippen LogP contribution >= 0.6 is 12.2 Å². The first-order valence-corrected chi connectivity index (χ1v) is 6.93. The molecule has 0 aliphatic heterocycles. The van der Waals surface area contributed by atoms with Crippen LogP contribution in [0.2, 0.25) is 0 Å². The van der Waals surface area contributed by atoms with E-state index in [2.05, 4.69) is 34.0 Å². The van der Waals surface area contributed by atoms with Gasteiger partial charge in [0, 0.05) is 6.54 Å². The predicted molar refractivity (Wildman–Crippen MR) is 80.8 cm³/mol. The minimum Gasteiger partial charge on any atom is -0.299 e. The van der Waals surface area contributed by atoms with Gasteiger partial charge in [0.2, 0.25) is 0 Å². The molecule has 0 saturated heterocycles. The zero-order valence-corrected chi connectivity index (χ0v) is 12.2. The summed E-state index contributed by atoms with van der Waals surface area (Å²) in [6, 6.07) is 7.79. The third kappa shape index (κ3) is 2.34. The number of fused-ring (bicyclic) bond motifs is 1. The highest BCUT2D eigenvalue weighted by molar-refractivity contribution is 7.71. The van der Waals surface area contributed by atoms with E-state index in [0.29, 0.717) is 10.7 Å². The largest absolute Gasteiger partial charge is 0.299 e. The molecule has 2 heterocycles. The molecule has 0 spiro atoms. The summed E-state index contributed by atoms with van der Waals surface area (Å²) >= 11 is 5.28. The molecule has 1 aromatic carbocycles. The Morgan fingerprint density at radius 3 is 2.75 bits per heavy atom. The SMILES string of the molecule is CC(C)Cn1c(-c2cnc3ccccc3n2)n[nH]c1=S. The molecule has 0 radical (unpaired) electrons. The van der Waals surface area contributed by atoms with Crippen molar-refractivity contribution in [1.29, 1.82) is 0 Å². The number of hydrogen-bond donors (Lipinski definition) is 1. The van der Waals surface area contributed by atoms with Gasteiger partial charge in [-0.15, -0.1) is 0 Å². The normalized spacial score (nSPS) is 11.3. The highest BCUT2D eigenvalue weighted by atomic mass is 32.1. The smallest absolute Gasteiger partial charge is 0.195 e.